The molecule has 1 fully saturated rings. The van der Waals surface area contributed by atoms with E-state index in [1.54, 1.807) is 4.90 Å². The molecule has 20 heavy (non-hydrogen) atoms. The highest BCUT2D eigenvalue weighted by Crippen LogP contribution is 2.23. The monoisotopic (exact) mass is 286 g/mol. The summed E-state index contributed by atoms with van der Waals surface area (Å²) in [6, 6.07) is -0.537. The molecule has 0 bridgehead atoms. The van der Waals surface area contributed by atoms with Crippen molar-refractivity contribution >= 4 is 11.9 Å². The number of carboxylic acid groups (broad SMARTS) is 1. The Morgan fingerprint density at radius 1 is 1.45 bits per heavy atom. The van der Waals surface area contributed by atoms with Crippen LogP contribution in [0.15, 0.2) is 0 Å². The van der Waals surface area contributed by atoms with Crippen molar-refractivity contribution in [3.63, 3.8) is 0 Å². The molecule has 6 heteroatoms. The van der Waals surface area contributed by atoms with E-state index in [1.165, 1.54) is 0 Å². The van der Waals surface area contributed by atoms with Crippen LogP contribution in [-0.4, -0.2) is 60.3 Å². The number of hydrogen-bond acceptors (Lipinski definition) is 4. The van der Waals surface area contributed by atoms with Crippen molar-refractivity contribution in [1.29, 1.82) is 0 Å². The van der Waals surface area contributed by atoms with E-state index in [2.05, 4.69) is 5.32 Å². The summed E-state index contributed by atoms with van der Waals surface area (Å²) < 4.78 is 5.38. The van der Waals surface area contributed by atoms with E-state index in [0.29, 0.717) is 19.7 Å². The summed E-state index contributed by atoms with van der Waals surface area (Å²) in [4.78, 5) is 24.7. The molecule has 1 aliphatic rings. The van der Waals surface area contributed by atoms with Gasteiger partial charge in [-0.05, 0) is 39.2 Å². The zero-order chi connectivity index (χ0) is 15.1. The third-order valence-corrected chi connectivity index (χ3v) is 3.50. The molecule has 0 radical (unpaired) electrons. The van der Waals surface area contributed by atoms with Crippen LogP contribution in [0.4, 0.5) is 0 Å². The number of carbonyl (C=O) groups excluding carboxylic acids is 1. The van der Waals surface area contributed by atoms with Crippen molar-refractivity contribution in [2.24, 2.45) is 5.92 Å². The molecule has 0 spiro atoms. The van der Waals surface area contributed by atoms with E-state index in [9.17, 15) is 14.7 Å². The van der Waals surface area contributed by atoms with E-state index < -0.39 is 12.0 Å². The second-order valence-corrected chi connectivity index (χ2v) is 5.64. The summed E-state index contributed by atoms with van der Waals surface area (Å²) in [6.07, 6.45) is 1.79. The first-order chi connectivity index (χ1) is 9.41. The standard InChI is InChI=1S/C14H26N2O4/c1-10(2)20-8-4-6-15-12(17)9-16-7-5-11(3)13(16)14(18)19/h10-11,13H,4-9H2,1-3H3,(H,15,17)(H,18,19). The van der Waals surface area contributed by atoms with Crippen LogP contribution in [0.1, 0.15) is 33.6 Å². The summed E-state index contributed by atoms with van der Waals surface area (Å²) >= 11 is 0. The molecule has 6 nitrogen and oxygen atoms in total. The quantitative estimate of drug-likeness (QED) is 0.643. The van der Waals surface area contributed by atoms with E-state index in [-0.39, 0.29) is 24.5 Å². The zero-order valence-corrected chi connectivity index (χ0v) is 12.6. The average Bonchev–Trinajstić information content (AvgIpc) is 2.69. The molecule has 0 aliphatic carbocycles. The van der Waals surface area contributed by atoms with Crippen LogP contribution < -0.4 is 5.32 Å². The fourth-order valence-electron chi connectivity index (χ4n) is 2.46. The van der Waals surface area contributed by atoms with E-state index >= 15 is 0 Å². The van der Waals surface area contributed by atoms with Crippen molar-refractivity contribution in [2.45, 2.75) is 45.8 Å². The van der Waals surface area contributed by atoms with Crippen LogP contribution in [0.2, 0.25) is 0 Å². The molecule has 116 valence electrons. The van der Waals surface area contributed by atoms with E-state index in [1.807, 2.05) is 20.8 Å². The second-order valence-electron chi connectivity index (χ2n) is 5.64. The van der Waals surface area contributed by atoms with Crippen molar-refractivity contribution in [2.75, 3.05) is 26.2 Å². The summed E-state index contributed by atoms with van der Waals surface area (Å²) in [6.45, 7) is 7.87. The molecular formula is C14H26N2O4. The fraction of sp³-hybridized carbons (Fsp3) is 0.857. The first kappa shape index (κ1) is 16.9. The Hall–Kier alpha value is -1.14. The van der Waals surface area contributed by atoms with Gasteiger partial charge in [0.2, 0.25) is 5.91 Å². The Morgan fingerprint density at radius 3 is 2.75 bits per heavy atom. The van der Waals surface area contributed by atoms with Gasteiger partial charge in [-0.2, -0.15) is 0 Å². The van der Waals surface area contributed by atoms with Crippen molar-refractivity contribution in [1.82, 2.24) is 10.2 Å². The minimum atomic E-state index is -0.840. The Bertz CT molecular complexity index is 333. The van der Waals surface area contributed by atoms with E-state index in [0.717, 1.165) is 12.8 Å². The highest BCUT2D eigenvalue weighted by molar-refractivity contribution is 5.80. The van der Waals surface area contributed by atoms with Crippen LogP contribution in [0, 0.1) is 5.92 Å². The molecule has 0 saturated carbocycles. The first-order valence-corrected chi connectivity index (χ1v) is 7.27. The highest BCUT2D eigenvalue weighted by Gasteiger charge is 2.37. The topological polar surface area (TPSA) is 78.9 Å². The van der Waals surface area contributed by atoms with Gasteiger partial charge in [0, 0.05) is 13.2 Å². The van der Waals surface area contributed by atoms with Crippen LogP contribution in [-0.2, 0) is 14.3 Å². The predicted molar refractivity (Wildman–Crippen MR) is 75.5 cm³/mol. The SMILES string of the molecule is CC(C)OCCCNC(=O)CN1CCC(C)C1C(=O)O. The number of carboxylic acids is 1. The Balaban J connectivity index is 2.23. The Kier molecular flexibility index (Phi) is 6.95. The van der Waals surface area contributed by atoms with Crippen LogP contribution in [0.25, 0.3) is 0 Å². The minimum absolute atomic E-state index is 0.0970. The van der Waals surface area contributed by atoms with Crippen molar-refractivity contribution < 1.29 is 19.4 Å². The molecule has 0 aromatic heterocycles. The molecule has 2 atom stereocenters. The van der Waals surface area contributed by atoms with Gasteiger partial charge in [0.15, 0.2) is 0 Å². The highest BCUT2D eigenvalue weighted by atomic mass is 16.5. The zero-order valence-electron chi connectivity index (χ0n) is 12.6. The molecular weight excluding hydrogens is 260 g/mol. The molecule has 1 heterocycles. The number of likely N-dealkylation sites (tertiary alicyclic amines) is 1. The third kappa shape index (κ3) is 5.46. The summed E-state index contributed by atoms with van der Waals surface area (Å²) in [5.74, 6) is -0.859. The fourth-order valence-corrected chi connectivity index (χ4v) is 2.46. The molecule has 0 aromatic carbocycles. The number of nitrogens with one attached hydrogen (secondary N) is 1. The Labute approximate surface area is 120 Å². The maximum atomic E-state index is 11.8. The van der Waals surface area contributed by atoms with Crippen molar-refractivity contribution in [3.05, 3.63) is 0 Å². The second kappa shape index (κ2) is 8.21. The molecule has 1 aliphatic heterocycles. The maximum absolute atomic E-state index is 11.8. The van der Waals surface area contributed by atoms with Gasteiger partial charge in [-0.1, -0.05) is 6.92 Å². The molecule has 2 N–H and O–H groups in total. The lowest BCUT2D eigenvalue weighted by Crippen LogP contribution is -2.44. The smallest absolute Gasteiger partial charge is 0.321 e. The number of amides is 1. The van der Waals surface area contributed by atoms with Gasteiger partial charge in [-0.3, -0.25) is 14.5 Å². The summed E-state index contributed by atoms with van der Waals surface area (Å²) in [5.41, 5.74) is 0. The van der Waals surface area contributed by atoms with Gasteiger partial charge in [0.1, 0.15) is 6.04 Å². The predicted octanol–water partition coefficient (Wildman–Crippen LogP) is 0.713. The molecule has 2 unspecified atom stereocenters. The number of carbonyl (C=O) groups is 2. The number of ether oxygens (including phenoxy) is 1. The normalized spacial score (nSPS) is 23.2. The number of hydrogen-bond donors (Lipinski definition) is 2. The average molecular weight is 286 g/mol. The number of aliphatic carboxylic acids is 1. The van der Waals surface area contributed by atoms with Gasteiger partial charge in [-0.15, -0.1) is 0 Å². The lowest BCUT2D eigenvalue weighted by atomic mass is 10.0. The summed E-state index contributed by atoms with van der Waals surface area (Å²) in [7, 11) is 0. The number of rotatable bonds is 8. The van der Waals surface area contributed by atoms with Crippen LogP contribution in [0.5, 0.6) is 0 Å². The lowest BCUT2D eigenvalue weighted by molar-refractivity contribution is -0.143. The van der Waals surface area contributed by atoms with Gasteiger partial charge in [0.05, 0.1) is 12.6 Å². The first-order valence-electron chi connectivity index (χ1n) is 7.27. The van der Waals surface area contributed by atoms with Gasteiger partial charge < -0.3 is 15.2 Å². The van der Waals surface area contributed by atoms with Crippen LogP contribution in [0.3, 0.4) is 0 Å². The third-order valence-electron chi connectivity index (χ3n) is 3.50. The molecule has 1 rings (SSSR count). The van der Waals surface area contributed by atoms with Crippen LogP contribution >= 0.6 is 0 Å². The lowest BCUT2D eigenvalue weighted by Gasteiger charge is -2.22. The molecule has 1 saturated heterocycles. The van der Waals surface area contributed by atoms with E-state index in [4.69, 9.17) is 4.74 Å². The largest absolute Gasteiger partial charge is 0.480 e. The van der Waals surface area contributed by atoms with Gasteiger partial charge in [0.25, 0.3) is 0 Å². The summed E-state index contributed by atoms with van der Waals surface area (Å²) in [5, 5.41) is 12.0. The van der Waals surface area contributed by atoms with Crippen molar-refractivity contribution in [3.8, 4) is 0 Å². The minimum Gasteiger partial charge on any atom is -0.480 e. The maximum Gasteiger partial charge on any atom is 0.321 e. The van der Waals surface area contributed by atoms with Gasteiger partial charge in [-0.25, -0.2) is 0 Å². The number of nitrogens with zero attached hydrogens (tertiary/aromatic N) is 1. The molecule has 1 amide bonds. The Morgan fingerprint density at radius 2 is 2.15 bits per heavy atom. The van der Waals surface area contributed by atoms with Gasteiger partial charge >= 0.3 is 5.97 Å². The molecule has 0 aromatic rings.